The van der Waals surface area contributed by atoms with Crippen LogP contribution in [-0.2, 0) is 13.0 Å². The van der Waals surface area contributed by atoms with E-state index in [1.165, 1.54) is 26.5 Å². The molecule has 0 radical (unpaired) electrons. The van der Waals surface area contributed by atoms with Gasteiger partial charge in [0, 0.05) is 21.4 Å². The molecule has 0 atom stereocenters. The first kappa shape index (κ1) is 18.1. The van der Waals surface area contributed by atoms with Gasteiger partial charge in [-0.3, -0.25) is 0 Å². The van der Waals surface area contributed by atoms with Crippen LogP contribution in [0, 0.1) is 6.92 Å². The number of nitrogens with one attached hydrogen (secondary N) is 1. The number of aryl methyl sites for hydroxylation is 1. The largest absolute Gasteiger partial charge is 0.312 e. The van der Waals surface area contributed by atoms with Gasteiger partial charge in [-0.05, 0) is 67.4 Å². The topological polar surface area (TPSA) is 12.0 Å². The number of hydrogen-bond donors (Lipinski definition) is 1. The molecule has 128 valence electrons. The fraction of sp³-hybridized carbons (Fsp3) is 0.182. The molecule has 3 aromatic rings. The van der Waals surface area contributed by atoms with E-state index in [0.717, 1.165) is 24.5 Å². The lowest BCUT2D eigenvalue weighted by molar-refractivity contribution is 0.686. The van der Waals surface area contributed by atoms with E-state index in [0.29, 0.717) is 0 Å². The van der Waals surface area contributed by atoms with Gasteiger partial charge in [0.2, 0.25) is 0 Å². The van der Waals surface area contributed by atoms with E-state index < -0.39 is 0 Å². The van der Waals surface area contributed by atoms with Crippen molar-refractivity contribution < 1.29 is 0 Å². The van der Waals surface area contributed by atoms with Crippen LogP contribution in [0.4, 0.5) is 0 Å². The molecule has 0 amide bonds. The fourth-order valence-corrected chi connectivity index (χ4v) is 3.73. The summed E-state index contributed by atoms with van der Waals surface area (Å²) < 4.78 is 0. The normalized spacial score (nSPS) is 10.8. The molecule has 0 spiro atoms. The van der Waals surface area contributed by atoms with Gasteiger partial charge < -0.3 is 5.32 Å². The Labute approximate surface area is 159 Å². The van der Waals surface area contributed by atoms with Crippen LogP contribution in [0.2, 0.25) is 5.02 Å². The van der Waals surface area contributed by atoms with Gasteiger partial charge in [-0.2, -0.15) is 0 Å². The highest BCUT2D eigenvalue weighted by atomic mass is 35.5. The predicted octanol–water partition coefficient (Wildman–Crippen LogP) is 6.13. The lowest BCUT2D eigenvalue weighted by Crippen LogP contribution is -2.16. The third-order valence-corrected chi connectivity index (χ3v) is 5.20. The maximum Gasteiger partial charge on any atom is 0.0408 e. The molecule has 0 aliphatic rings. The standard InChI is InChI=1S/C22H22ClNS/c1-17-8-10-21(11-9-17)25-22-7-3-5-19(15-22)16-24-13-12-18-4-2-6-20(23)14-18/h2-11,14-15,24H,12-13,16H2,1H3. The minimum atomic E-state index is 0.804. The van der Waals surface area contributed by atoms with E-state index in [4.69, 9.17) is 11.6 Å². The minimum Gasteiger partial charge on any atom is -0.312 e. The second kappa shape index (κ2) is 9.10. The molecule has 0 saturated carbocycles. The van der Waals surface area contributed by atoms with Crippen molar-refractivity contribution in [2.24, 2.45) is 0 Å². The molecule has 3 rings (SSSR count). The predicted molar refractivity (Wildman–Crippen MR) is 109 cm³/mol. The SMILES string of the molecule is Cc1ccc(Sc2cccc(CNCCc3cccc(Cl)c3)c2)cc1. The van der Waals surface area contributed by atoms with Crippen molar-refractivity contribution in [1.29, 1.82) is 0 Å². The average molecular weight is 368 g/mol. The molecular formula is C22H22ClNS. The van der Waals surface area contributed by atoms with E-state index in [-0.39, 0.29) is 0 Å². The summed E-state index contributed by atoms with van der Waals surface area (Å²) in [6.07, 6.45) is 0.984. The first-order valence-corrected chi connectivity index (χ1v) is 9.67. The van der Waals surface area contributed by atoms with Crippen LogP contribution in [-0.4, -0.2) is 6.54 Å². The van der Waals surface area contributed by atoms with Crippen LogP contribution in [0.5, 0.6) is 0 Å². The molecule has 0 unspecified atom stereocenters. The van der Waals surface area contributed by atoms with Gasteiger partial charge in [0.15, 0.2) is 0 Å². The van der Waals surface area contributed by atoms with E-state index in [2.05, 4.69) is 66.8 Å². The van der Waals surface area contributed by atoms with Gasteiger partial charge in [0.05, 0.1) is 0 Å². The van der Waals surface area contributed by atoms with Crippen molar-refractivity contribution in [2.45, 2.75) is 29.7 Å². The second-order valence-corrected chi connectivity index (χ2v) is 7.70. The molecule has 0 aromatic heterocycles. The van der Waals surface area contributed by atoms with Crippen molar-refractivity contribution in [3.63, 3.8) is 0 Å². The molecule has 0 aliphatic carbocycles. The van der Waals surface area contributed by atoms with Gasteiger partial charge >= 0.3 is 0 Å². The summed E-state index contributed by atoms with van der Waals surface area (Å²) in [4.78, 5) is 2.55. The molecule has 25 heavy (non-hydrogen) atoms. The maximum atomic E-state index is 6.02. The van der Waals surface area contributed by atoms with Crippen LogP contribution in [0.25, 0.3) is 0 Å². The smallest absolute Gasteiger partial charge is 0.0408 e. The third-order valence-electron chi connectivity index (χ3n) is 3.96. The van der Waals surface area contributed by atoms with E-state index in [9.17, 15) is 0 Å². The Morgan fingerprint density at radius 1 is 0.840 bits per heavy atom. The van der Waals surface area contributed by atoms with Gasteiger partial charge in [-0.15, -0.1) is 0 Å². The van der Waals surface area contributed by atoms with Gasteiger partial charge in [-0.1, -0.05) is 65.3 Å². The van der Waals surface area contributed by atoms with Crippen LogP contribution in [0.1, 0.15) is 16.7 Å². The number of rotatable bonds is 7. The van der Waals surface area contributed by atoms with Crippen LogP contribution in [0.3, 0.4) is 0 Å². The molecule has 0 fully saturated rings. The molecule has 3 aromatic carbocycles. The lowest BCUT2D eigenvalue weighted by Gasteiger charge is -2.08. The molecule has 1 nitrogen and oxygen atoms in total. The number of hydrogen-bond acceptors (Lipinski definition) is 2. The Morgan fingerprint density at radius 2 is 1.60 bits per heavy atom. The van der Waals surface area contributed by atoms with E-state index in [1.54, 1.807) is 11.8 Å². The first-order chi connectivity index (χ1) is 12.2. The van der Waals surface area contributed by atoms with Crippen molar-refractivity contribution >= 4 is 23.4 Å². The molecule has 0 heterocycles. The highest BCUT2D eigenvalue weighted by Gasteiger charge is 2.00. The summed E-state index contributed by atoms with van der Waals surface area (Å²) in [5.41, 5.74) is 3.87. The lowest BCUT2D eigenvalue weighted by atomic mass is 10.1. The quantitative estimate of drug-likeness (QED) is 0.504. The van der Waals surface area contributed by atoms with Crippen LogP contribution < -0.4 is 5.32 Å². The van der Waals surface area contributed by atoms with Gasteiger partial charge in [0.1, 0.15) is 0 Å². The van der Waals surface area contributed by atoms with Crippen LogP contribution in [0.15, 0.2) is 82.6 Å². The summed E-state index contributed by atoms with van der Waals surface area (Å²) in [5.74, 6) is 0. The van der Waals surface area contributed by atoms with Crippen molar-refractivity contribution in [1.82, 2.24) is 5.32 Å². The van der Waals surface area contributed by atoms with E-state index in [1.807, 2.05) is 18.2 Å². The first-order valence-electron chi connectivity index (χ1n) is 8.48. The Balaban J connectivity index is 1.50. The van der Waals surface area contributed by atoms with E-state index >= 15 is 0 Å². The Hall–Kier alpha value is -1.74. The average Bonchev–Trinajstić information content (AvgIpc) is 2.61. The Morgan fingerprint density at radius 3 is 2.40 bits per heavy atom. The zero-order chi connectivity index (χ0) is 17.5. The number of benzene rings is 3. The number of halogens is 1. The molecule has 0 aliphatic heterocycles. The molecule has 1 N–H and O–H groups in total. The zero-order valence-corrected chi connectivity index (χ0v) is 15.9. The summed E-state index contributed by atoms with van der Waals surface area (Å²) in [5, 5.41) is 4.32. The molecule has 0 bridgehead atoms. The zero-order valence-electron chi connectivity index (χ0n) is 14.3. The summed E-state index contributed by atoms with van der Waals surface area (Å²) >= 11 is 7.83. The fourth-order valence-electron chi connectivity index (χ4n) is 2.62. The summed E-state index contributed by atoms with van der Waals surface area (Å²) in [6, 6.07) is 25.5. The minimum absolute atomic E-state index is 0.804. The summed E-state index contributed by atoms with van der Waals surface area (Å²) in [7, 11) is 0. The summed E-state index contributed by atoms with van der Waals surface area (Å²) in [6.45, 7) is 3.93. The second-order valence-electron chi connectivity index (χ2n) is 6.12. The molecular weight excluding hydrogens is 346 g/mol. The molecule has 3 heteroatoms. The van der Waals surface area contributed by atoms with Gasteiger partial charge in [-0.25, -0.2) is 0 Å². The van der Waals surface area contributed by atoms with Crippen molar-refractivity contribution in [3.05, 3.63) is 94.5 Å². The highest BCUT2D eigenvalue weighted by Crippen LogP contribution is 2.28. The van der Waals surface area contributed by atoms with Crippen LogP contribution >= 0.6 is 23.4 Å². The Kier molecular flexibility index (Phi) is 6.57. The van der Waals surface area contributed by atoms with Gasteiger partial charge in [0.25, 0.3) is 0 Å². The van der Waals surface area contributed by atoms with Crippen molar-refractivity contribution in [2.75, 3.05) is 6.54 Å². The third kappa shape index (κ3) is 5.93. The highest BCUT2D eigenvalue weighted by molar-refractivity contribution is 7.99. The molecule has 0 saturated heterocycles. The monoisotopic (exact) mass is 367 g/mol. The maximum absolute atomic E-state index is 6.02. The van der Waals surface area contributed by atoms with Crippen molar-refractivity contribution in [3.8, 4) is 0 Å². The Bertz CT molecular complexity index is 814.